The van der Waals surface area contributed by atoms with Gasteiger partial charge in [-0.2, -0.15) is 0 Å². The van der Waals surface area contributed by atoms with E-state index in [2.05, 4.69) is 22.5 Å². The molecular formula is C13H17N3O. The van der Waals surface area contributed by atoms with Crippen molar-refractivity contribution in [3.63, 3.8) is 0 Å². The molecule has 0 aliphatic carbocycles. The zero-order valence-corrected chi connectivity index (χ0v) is 10.1. The van der Waals surface area contributed by atoms with Crippen molar-refractivity contribution in [3.8, 4) is 0 Å². The molecule has 1 fully saturated rings. The lowest BCUT2D eigenvalue weighted by Crippen LogP contribution is -2.45. The summed E-state index contributed by atoms with van der Waals surface area (Å²) in [6.45, 7) is 9.18. The summed E-state index contributed by atoms with van der Waals surface area (Å²) in [5.74, 6) is 0. The van der Waals surface area contributed by atoms with Crippen LogP contribution < -0.4 is 4.90 Å². The number of rotatable bonds is 3. The number of amides is 1. The minimum absolute atomic E-state index is 0.779. The maximum Gasteiger partial charge on any atom is 0.209 e. The molecule has 0 atom stereocenters. The van der Waals surface area contributed by atoms with Crippen LogP contribution in [0.15, 0.2) is 25.0 Å². The molecule has 1 saturated heterocycles. The van der Waals surface area contributed by atoms with Gasteiger partial charge in [0, 0.05) is 32.4 Å². The first-order valence-corrected chi connectivity index (χ1v) is 5.76. The molecule has 1 aromatic rings. The summed E-state index contributed by atoms with van der Waals surface area (Å²) in [5.41, 5.74) is 3.20. The molecule has 0 bridgehead atoms. The molecule has 1 amide bonds. The highest BCUT2D eigenvalue weighted by Gasteiger charge is 2.16. The van der Waals surface area contributed by atoms with E-state index in [1.807, 2.05) is 19.3 Å². The third-order valence-electron chi connectivity index (χ3n) is 3.05. The number of allylic oxidation sites excluding steroid dienone is 1. The van der Waals surface area contributed by atoms with Crippen LogP contribution in [0.25, 0.3) is 5.57 Å². The summed E-state index contributed by atoms with van der Waals surface area (Å²) in [4.78, 5) is 18.9. The fourth-order valence-electron chi connectivity index (χ4n) is 1.92. The average Bonchev–Trinajstić information content (AvgIpc) is 2.39. The van der Waals surface area contributed by atoms with Gasteiger partial charge in [0.1, 0.15) is 0 Å². The lowest BCUT2D eigenvalue weighted by molar-refractivity contribution is -0.118. The molecule has 1 aromatic heterocycles. The summed E-state index contributed by atoms with van der Waals surface area (Å²) in [6, 6.07) is 2.10. The van der Waals surface area contributed by atoms with E-state index < -0.39 is 0 Å². The van der Waals surface area contributed by atoms with Crippen LogP contribution in [0.3, 0.4) is 0 Å². The number of pyridine rings is 1. The topological polar surface area (TPSA) is 36.4 Å². The lowest BCUT2D eigenvalue weighted by Gasteiger charge is -2.34. The fraction of sp³-hybridized carbons (Fsp3) is 0.385. The molecule has 0 unspecified atom stereocenters. The minimum atomic E-state index is 0.779. The van der Waals surface area contributed by atoms with Crippen LogP contribution in [0.4, 0.5) is 5.69 Å². The number of carbonyl (C=O) groups is 1. The van der Waals surface area contributed by atoms with Gasteiger partial charge in [0.15, 0.2) is 0 Å². The normalized spacial score (nSPS) is 15.8. The zero-order chi connectivity index (χ0) is 12.3. The number of hydrogen-bond donors (Lipinski definition) is 0. The van der Waals surface area contributed by atoms with Gasteiger partial charge in [-0.15, -0.1) is 0 Å². The van der Waals surface area contributed by atoms with E-state index in [4.69, 9.17) is 0 Å². The molecule has 4 heteroatoms. The van der Waals surface area contributed by atoms with Crippen molar-refractivity contribution in [1.82, 2.24) is 9.88 Å². The van der Waals surface area contributed by atoms with Crippen LogP contribution in [0.1, 0.15) is 12.5 Å². The average molecular weight is 231 g/mol. The third-order valence-corrected chi connectivity index (χ3v) is 3.05. The van der Waals surface area contributed by atoms with Gasteiger partial charge in [-0.05, 0) is 24.1 Å². The van der Waals surface area contributed by atoms with Gasteiger partial charge in [-0.1, -0.05) is 6.58 Å². The van der Waals surface area contributed by atoms with E-state index in [1.165, 1.54) is 0 Å². The second-order valence-electron chi connectivity index (χ2n) is 4.34. The SMILES string of the molecule is C=C(C)c1cncc(N2CCN(C=O)CC2)c1. The summed E-state index contributed by atoms with van der Waals surface area (Å²) in [5, 5.41) is 0. The van der Waals surface area contributed by atoms with Gasteiger partial charge in [-0.25, -0.2) is 0 Å². The molecule has 1 aliphatic heterocycles. The molecule has 0 radical (unpaired) electrons. The molecular weight excluding hydrogens is 214 g/mol. The number of nitrogens with zero attached hydrogens (tertiary/aromatic N) is 3. The van der Waals surface area contributed by atoms with Gasteiger partial charge in [0.05, 0.1) is 11.9 Å². The van der Waals surface area contributed by atoms with Crippen LogP contribution in [0.2, 0.25) is 0 Å². The first-order valence-electron chi connectivity index (χ1n) is 5.76. The van der Waals surface area contributed by atoms with Gasteiger partial charge < -0.3 is 9.80 Å². The van der Waals surface area contributed by atoms with Crippen molar-refractivity contribution in [3.05, 3.63) is 30.6 Å². The minimum Gasteiger partial charge on any atom is -0.367 e. The predicted molar refractivity (Wildman–Crippen MR) is 68.8 cm³/mol. The number of aromatic nitrogens is 1. The van der Waals surface area contributed by atoms with Gasteiger partial charge in [-0.3, -0.25) is 9.78 Å². The van der Waals surface area contributed by atoms with E-state index in [-0.39, 0.29) is 0 Å². The monoisotopic (exact) mass is 231 g/mol. The Morgan fingerprint density at radius 1 is 1.35 bits per heavy atom. The van der Waals surface area contributed by atoms with Crippen molar-refractivity contribution < 1.29 is 4.79 Å². The highest BCUT2D eigenvalue weighted by Crippen LogP contribution is 2.19. The molecule has 1 aliphatic rings. The van der Waals surface area contributed by atoms with Crippen molar-refractivity contribution in [2.45, 2.75) is 6.92 Å². The van der Waals surface area contributed by atoms with Gasteiger partial charge in [0.2, 0.25) is 6.41 Å². The zero-order valence-electron chi connectivity index (χ0n) is 10.1. The van der Waals surface area contributed by atoms with E-state index in [0.29, 0.717) is 0 Å². The van der Waals surface area contributed by atoms with Crippen LogP contribution >= 0.6 is 0 Å². The Labute approximate surface area is 102 Å². The van der Waals surface area contributed by atoms with E-state index in [9.17, 15) is 4.79 Å². The number of piperazine rings is 1. The Morgan fingerprint density at radius 2 is 2.06 bits per heavy atom. The molecule has 0 aromatic carbocycles. The first-order chi connectivity index (χ1) is 8.20. The summed E-state index contributed by atoms with van der Waals surface area (Å²) in [7, 11) is 0. The van der Waals surface area contributed by atoms with Crippen molar-refractivity contribution in [1.29, 1.82) is 0 Å². The van der Waals surface area contributed by atoms with Crippen molar-refractivity contribution in [2.75, 3.05) is 31.1 Å². The largest absolute Gasteiger partial charge is 0.367 e. The summed E-state index contributed by atoms with van der Waals surface area (Å²) >= 11 is 0. The summed E-state index contributed by atoms with van der Waals surface area (Å²) < 4.78 is 0. The van der Waals surface area contributed by atoms with Crippen LogP contribution in [0, 0.1) is 0 Å². The van der Waals surface area contributed by atoms with Crippen molar-refractivity contribution in [2.24, 2.45) is 0 Å². The molecule has 2 rings (SSSR count). The van der Waals surface area contributed by atoms with Crippen LogP contribution in [0.5, 0.6) is 0 Å². The van der Waals surface area contributed by atoms with E-state index in [1.54, 1.807) is 4.90 Å². The first kappa shape index (κ1) is 11.6. The summed E-state index contributed by atoms with van der Waals surface area (Å²) in [6.07, 6.45) is 4.61. The predicted octanol–water partition coefficient (Wildman–Crippen LogP) is 1.39. The van der Waals surface area contributed by atoms with Gasteiger partial charge >= 0.3 is 0 Å². The molecule has 0 spiro atoms. The fourth-order valence-corrected chi connectivity index (χ4v) is 1.92. The van der Waals surface area contributed by atoms with Crippen LogP contribution in [-0.2, 0) is 4.79 Å². The van der Waals surface area contributed by atoms with Gasteiger partial charge in [0.25, 0.3) is 0 Å². The molecule has 2 heterocycles. The van der Waals surface area contributed by atoms with E-state index in [0.717, 1.165) is 49.4 Å². The highest BCUT2D eigenvalue weighted by molar-refractivity contribution is 5.64. The number of hydrogen-bond acceptors (Lipinski definition) is 3. The molecule has 17 heavy (non-hydrogen) atoms. The number of carbonyl (C=O) groups excluding carboxylic acids is 1. The molecule has 0 N–H and O–H groups in total. The number of anilines is 1. The molecule has 4 nitrogen and oxygen atoms in total. The Morgan fingerprint density at radius 3 is 2.65 bits per heavy atom. The Hall–Kier alpha value is -1.84. The Bertz CT molecular complexity index is 422. The quantitative estimate of drug-likeness (QED) is 0.738. The Balaban J connectivity index is 2.10. The maximum absolute atomic E-state index is 10.6. The molecule has 0 saturated carbocycles. The van der Waals surface area contributed by atoms with Crippen molar-refractivity contribution >= 4 is 17.7 Å². The second kappa shape index (κ2) is 4.99. The molecule has 90 valence electrons. The van der Waals surface area contributed by atoms with E-state index >= 15 is 0 Å². The Kier molecular flexibility index (Phi) is 3.42. The second-order valence-corrected chi connectivity index (χ2v) is 4.34. The highest BCUT2D eigenvalue weighted by atomic mass is 16.1. The smallest absolute Gasteiger partial charge is 0.209 e. The lowest BCUT2D eigenvalue weighted by atomic mass is 10.1. The maximum atomic E-state index is 10.6. The van der Waals surface area contributed by atoms with Crippen LogP contribution in [-0.4, -0.2) is 42.5 Å². The standard InChI is InChI=1S/C13H17N3O/c1-11(2)12-7-13(9-14-8-12)16-5-3-15(10-17)4-6-16/h7-10H,1,3-6H2,2H3. The third kappa shape index (κ3) is 2.64.